The van der Waals surface area contributed by atoms with Crippen LogP contribution in [0.15, 0.2) is 42.5 Å². The lowest BCUT2D eigenvalue weighted by atomic mass is 10.1. The molecule has 0 aromatic heterocycles. The molecule has 0 saturated carbocycles. The van der Waals surface area contributed by atoms with E-state index in [1.54, 1.807) is 26.2 Å². The van der Waals surface area contributed by atoms with Crippen LogP contribution in [0.3, 0.4) is 0 Å². The maximum absolute atomic E-state index is 11.3. The molecule has 5 nitrogen and oxygen atoms in total. The van der Waals surface area contributed by atoms with Crippen molar-refractivity contribution < 1.29 is 19.0 Å². The molecule has 0 N–H and O–H groups in total. The third kappa shape index (κ3) is 8.77. The standard InChI is InChI=1S/C13H17NO4.C7H8.C2H6.CH3Br/c1-16-10-6-9(8-14-5-4-12(14)15)7-11(17-2)13(10)18-3;1-7-5-3-2-4-6-7;2*1-2/h6-7H,4-5,8H2,1-3H3;2-6H,1H3;1-2H3;1H3. The third-order valence-electron chi connectivity index (χ3n) is 3.99. The summed E-state index contributed by atoms with van der Waals surface area (Å²) in [5, 5.41) is 0. The van der Waals surface area contributed by atoms with Crippen LogP contribution in [0.4, 0.5) is 0 Å². The summed E-state index contributed by atoms with van der Waals surface area (Å²) in [6.45, 7) is 7.48. The van der Waals surface area contributed by atoms with E-state index in [2.05, 4.69) is 35.0 Å². The fourth-order valence-electron chi connectivity index (χ4n) is 2.51. The second-order valence-corrected chi connectivity index (χ2v) is 5.75. The molecule has 0 spiro atoms. The molecule has 2 aromatic rings. The van der Waals surface area contributed by atoms with Gasteiger partial charge in [0.1, 0.15) is 0 Å². The van der Waals surface area contributed by atoms with E-state index in [9.17, 15) is 4.79 Å². The van der Waals surface area contributed by atoms with Crippen LogP contribution in [-0.2, 0) is 11.3 Å². The van der Waals surface area contributed by atoms with Crippen LogP contribution in [0.25, 0.3) is 0 Å². The van der Waals surface area contributed by atoms with Gasteiger partial charge < -0.3 is 19.1 Å². The van der Waals surface area contributed by atoms with Crippen molar-refractivity contribution in [2.75, 3.05) is 33.7 Å². The molecule has 0 unspecified atom stereocenters. The van der Waals surface area contributed by atoms with Gasteiger partial charge in [-0.15, -0.1) is 0 Å². The fourth-order valence-corrected chi connectivity index (χ4v) is 2.51. The second-order valence-electron chi connectivity index (χ2n) is 5.75. The lowest BCUT2D eigenvalue weighted by Gasteiger charge is -2.31. The minimum Gasteiger partial charge on any atom is -0.493 e. The maximum Gasteiger partial charge on any atom is 0.224 e. The van der Waals surface area contributed by atoms with Crippen molar-refractivity contribution in [2.45, 2.75) is 33.7 Å². The number of hydrogen-bond acceptors (Lipinski definition) is 4. The smallest absolute Gasteiger partial charge is 0.224 e. The second kappa shape index (κ2) is 15.7. The first-order valence-corrected chi connectivity index (χ1v) is 11.1. The monoisotopic (exact) mass is 467 g/mol. The number of alkyl halides is 1. The van der Waals surface area contributed by atoms with E-state index in [0.29, 0.717) is 30.2 Å². The lowest BCUT2D eigenvalue weighted by molar-refractivity contribution is -0.140. The third-order valence-corrected chi connectivity index (χ3v) is 3.99. The summed E-state index contributed by atoms with van der Waals surface area (Å²) >= 11 is 2.94. The SMILES string of the molecule is CBr.CC.COc1cc(CN2CCC2=O)cc(OC)c1OC.Cc1ccccc1. The van der Waals surface area contributed by atoms with E-state index in [1.807, 2.05) is 50.0 Å². The molecular weight excluding hydrogens is 434 g/mol. The zero-order chi connectivity index (χ0) is 22.2. The molecule has 1 saturated heterocycles. The summed E-state index contributed by atoms with van der Waals surface area (Å²) in [5.74, 6) is 3.79. The number of aryl methyl sites for hydroxylation is 1. The quantitative estimate of drug-likeness (QED) is 0.431. The maximum atomic E-state index is 11.3. The number of methoxy groups -OCH3 is 3. The zero-order valence-electron chi connectivity index (χ0n) is 18.6. The Kier molecular flexibility index (Phi) is 14.5. The number of carbonyl (C=O) groups is 1. The number of likely N-dealkylation sites (tertiary alicyclic amines) is 1. The van der Waals surface area contributed by atoms with E-state index >= 15 is 0 Å². The Bertz CT molecular complexity index is 682. The van der Waals surface area contributed by atoms with Gasteiger partial charge in [0.25, 0.3) is 0 Å². The summed E-state index contributed by atoms with van der Waals surface area (Å²) in [4.78, 5) is 13.1. The number of rotatable bonds is 5. The van der Waals surface area contributed by atoms with Crippen molar-refractivity contribution >= 4 is 21.8 Å². The number of β-lactam (4-membered cyclic amide) rings is 1. The highest BCUT2D eigenvalue weighted by Gasteiger charge is 2.24. The van der Waals surface area contributed by atoms with Gasteiger partial charge in [-0.1, -0.05) is 65.7 Å². The number of halogens is 1. The van der Waals surface area contributed by atoms with Crippen molar-refractivity contribution in [3.8, 4) is 17.2 Å². The normalized spacial score (nSPS) is 11.3. The molecule has 3 rings (SSSR count). The van der Waals surface area contributed by atoms with Gasteiger partial charge in [-0.25, -0.2) is 0 Å². The molecule has 6 heteroatoms. The highest BCUT2D eigenvalue weighted by molar-refractivity contribution is 9.08. The van der Waals surface area contributed by atoms with E-state index < -0.39 is 0 Å². The highest BCUT2D eigenvalue weighted by atomic mass is 79.9. The first kappa shape index (κ1) is 26.8. The van der Waals surface area contributed by atoms with Gasteiger partial charge in [-0.05, 0) is 30.5 Å². The van der Waals surface area contributed by atoms with Crippen molar-refractivity contribution in [3.05, 3.63) is 53.6 Å². The first-order chi connectivity index (χ1) is 14.1. The van der Waals surface area contributed by atoms with Crippen LogP contribution in [0.2, 0.25) is 0 Å². The number of nitrogens with zero attached hydrogens (tertiary/aromatic N) is 1. The Hall–Kier alpha value is -2.21. The minimum atomic E-state index is 0.184. The summed E-state index contributed by atoms with van der Waals surface area (Å²) in [5.41, 5.74) is 2.29. The molecule has 0 radical (unpaired) electrons. The molecule has 0 aliphatic carbocycles. The Balaban J connectivity index is 0.000000593. The molecule has 29 heavy (non-hydrogen) atoms. The number of hydrogen-bond donors (Lipinski definition) is 0. The molecule has 2 aromatic carbocycles. The van der Waals surface area contributed by atoms with Crippen LogP contribution >= 0.6 is 15.9 Å². The van der Waals surface area contributed by atoms with Crippen LogP contribution in [-0.4, -0.2) is 44.5 Å². The Morgan fingerprint density at radius 3 is 1.72 bits per heavy atom. The number of amides is 1. The Morgan fingerprint density at radius 2 is 1.45 bits per heavy atom. The first-order valence-electron chi connectivity index (χ1n) is 9.55. The highest BCUT2D eigenvalue weighted by Crippen LogP contribution is 2.38. The molecule has 1 aliphatic rings. The molecule has 0 atom stereocenters. The zero-order valence-corrected chi connectivity index (χ0v) is 20.2. The molecule has 1 fully saturated rings. The van der Waals surface area contributed by atoms with E-state index in [4.69, 9.17) is 14.2 Å². The molecule has 162 valence electrons. The summed E-state index contributed by atoms with van der Waals surface area (Å²) < 4.78 is 15.8. The average Bonchev–Trinajstić information content (AvgIpc) is 2.79. The van der Waals surface area contributed by atoms with E-state index in [0.717, 1.165) is 12.1 Å². The minimum absolute atomic E-state index is 0.184. The molecular formula is C23H34BrNO4. The van der Waals surface area contributed by atoms with Gasteiger partial charge in [0.2, 0.25) is 11.7 Å². The lowest BCUT2D eigenvalue weighted by Crippen LogP contribution is -2.42. The van der Waals surface area contributed by atoms with Gasteiger partial charge in [0, 0.05) is 19.5 Å². The van der Waals surface area contributed by atoms with Crippen LogP contribution in [0, 0.1) is 6.92 Å². The Morgan fingerprint density at radius 1 is 0.931 bits per heavy atom. The van der Waals surface area contributed by atoms with Crippen LogP contribution in [0.5, 0.6) is 17.2 Å². The van der Waals surface area contributed by atoms with Gasteiger partial charge in [-0.2, -0.15) is 0 Å². The predicted molar refractivity (Wildman–Crippen MR) is 124 cm³/mol. The topological polar surface area (TPSA) is 48.0 Å². The van der Waals surface area contributed by atoms with Gasteiger partial charge >= 0.3 is 0 Å². The van der Waals surface area contributed by atoms with Crippen molar-refractivity contribution in [1.82, 2.24) is 4.90 Å². The number of ether oxygens (including phenoxy) is 3. The van der Waals surface area contributed by atoms with Crippen molar-refractivity contribution in [3.63, 3.8) is 0 Å². The predicted octanol–water partition coefficient (Wildman–Crippen LogP) is 5.48. The van der Waals surface area contributed by atoms with Crippen molar-refractivity contribution in [1.29, 1.82) is 0 Å². The van der Waals surface area contributed by atoms with E-state index in [-0.39, 0.29) is 5.91 Å². The van der Waals surface area contributed by atoms with Gasteiger partial charge in [0.05, 0.1) is 21.3 Å². The summed E-state index contributed by atoms with van der Waals surface area (Å²) in [7, 11) is 4.73. The largest absolute Gasteiger partial charge is 0.493 e. The number of carbonyl (C=O) groups excluding carboxylic acids is 1. The summed E-state index contributed by atoms with van der Waals surface area (Å²) in [6, 6.07) is 14.0. The van der Waals surface area contributed by atoms with E-state index in [1.165, 1.54) is 5.56 Å². The number of benzene rings is 2. The Labute approximate surface area is 184 Å². The van der Waals surface area contributed by atoms with Crippen LogP contribution in [0.1, 0.15) is 31.4 Å². The fraction of sp³-hybridized carbons (Fsp3) is 0.435. The van der Waals surface area contributed by atoms with Gasteiger partial charge in [-0.3, -0.25) is 4.79 Å². The molecule has 1 amide bonds. The van der Waals surface area contributed by atoms with Crippen molar-refractivity contribution in [2.24, 2.45) is 0 Å². The average molecular weight is 468 g/mol. The van der Waals surface area contributed by atoms with Crippen LogP contribution < -0.4 is 14.2 Å². The van der Waals surface area contributed by atoms with Gasteiger partial charge in [0.15, 0.2) is 11.5 Å². The molecule has 1 heterocycles. The molecule has 0 bridgehead atoms. The summed E-state index contributed by atoms with van der Waals surface area (Å²) in [6.07, 6.45) is 0.643. The molecule has 1 aliphatic heterocycles.